The van der Waals surface area contributed by atoms with Gasteiger partial charge in [0.15, 0.2) is 0 Å². The van der Waals surface area contributed by atoms with Crippen molar-refractivity contribution in [2.75, 3.05) is 6.54 Å². The minimum absolute atomic E-state index is 0. The van der Waals surface area contributed by atoms with Gasteiger partial charge in [0.25, 0.3) is 0 Å². The molecular formula is C11H18ClN3. The van der Waals surface area contributed by atoms with E-state index in [0.29, 0.717) is 6.04 Å². The first kappa shape index (κ1) is 11.0. The fourth-order valence-corrected chi connectivity index (χ4v) is 2.56. The van der Waals surface area contributed by atoms with Crippen LogP contribution in [-0.2, 0) is 12.8 Å². The smallest absolute Gasteiger partial charge is 0.123 e. The summed E-state index contributed by atoms with van der Waals surface area (Å²) in [4.78, 5) is 8.22. The number of aryl methyl sites for hydroxylation is 2. The van der Waals surface area contributed by atoms with E-state index >= 15 is 0 Å². The van der Waals surface area contributed by atoms with Crippen molar-refractivity contribution >= 4 is 12.4 Å². The van der Waals surface area contributed by atoms with Gasteiger partial charge in [0, 0.05) is 5.69 Å². The van der Waals surface area contributed by atoms with Crippen molar-refractivity contribution in [3.8, 4) is 0 Å². The summed E-state index contributed by atoms with van der Waals surface area (Å²) in [5.74, 6) is 1.19. The van der Waals surface area contributed by atoms with Gasteiger partial charge in [-0.2, -0.15) is 0 Å². The van der Waals surface area contributed by atoms with Gasteiger partial charge in [0.1, 0.15) is 5.82 Å². The van der Waals surface area contributed by atoms with Crippen molar-refractivity contribution in [3.05, 3.63) is 17.2 Å². The zero-order valence-electron chi connectivity index (χ0n) is 8.88. The highest BCUT2D eigenvalue weighted by atomic mass is 35.5. The average molecular weight is 228 g/mol. The number of aromatic amines is 1. The number of hydrogen-bond donors (Lipinski definition) is 2. The summed E-state index contributed by atoms with van der Waals surface area (Å²) in [6.45, 7) is 1.15. The second kappa shape index (κ2) is 4.54. The first-order valence-electron chi connectivity index (χ1n) is 5.74. The van der Waals surface area contributed by atoms with Crippen molar-refractivity contribution in [3.63, 3.8) is 0 Å². The first-order chi connectivity index (χ1) is 6.93. The van der Waals surface area contributed by atoms with E-state index in [-0.39, 0.29) is 12.4 Å². The molecule has 2 heterocycles. The Hall–Kier alpha value is -0.540. The maximum absolute atomic E-state index is 4.71. The van der Waals surface area contributed by atoms with Crippen molar-refractivity contribution < 1.29 is 0 Å². The number of hydrogen-bond acceptors (Lipinski definition) is 2. The predicted octanol–water partition coefficient (Wildman–Crippen LogP) is 2.13. The molecule has 1 aromatic heterocycles. The molecule has 0 aromatic carbocycles. The van der Waals surface area contributed by atoms with Crippen LogP contribution in [-0.4, -0.2) is 16.5 Å². The number of fused-ring (bicyclic) bond motifs is 1. The van der Waals surface area contributed by atoms with Crippen LogP contribution in [0.1, 0.15) is 48.9 Å². The molecule has 1 aliphatic heterocycles. The highest BCUT2D eigenvalue weighted by molar-refractivity contribution is 5.85. The maximum Gasteiger partial charge on any atom is 0.123 e. The molecule has 0 saturated carbocycles. The Morgan fingerprint density at radius 2 is 2.00 bits per heavy atom. The molecule has 0 amide bonds. The van der Waals surface area contributed by atoms with Crippen LogP contribution >= 0.6 is 12.4 Å². The molecule has 2 N–H and O–H groups in total. The van der Waals surface area contributed by atoms with Gasteiger partial charge in [-0.3, -0.25) is 0 Å². The van der Waals surface area contributed by atoms with E-state index in [1.807, 2.05) is 0 Å². The minimum atomic E-state index is 0. The molecule has 15 heavy (non-hydrogen) atoms. The molecule has 0 bridgehead atoms. The van der Waals surface area contributed by atoms with Gasteiger partial charge in [0.05, 0.1) is 11.7 Å². The fraction of sp³-hybridized carbons (Fsp3) is 0.727. The number of nitrogens with one attached hydrogen (secondary N) is 2. The van der Waals surface area contributed by atoms with Crippen molar-refractivity contribution in [2.45, 2.75) is 44.6 Å². The van der Waals surface area contributed by atoms with Crippen LogP contribution in [0.5, 0.6) is 0 Å². The van der Waals surface area contributed by atoms with E-state index in [1.54, 1.807) is 0 Å². The van der Waals surface area contributed by atoms with Crippen LogP contribution in [0.25, 0.3) is 0 Å². The van der Waals surface area contributed by atoms with E-state index in [0.717, 1.165) is 6.54 Å². The summed E-state index contributed by atoms with van der Waals surface area (Å²) < 4.78 is 0. The van der Waals surface area contributed by atoms with E-state index in [1.165, 1.54) is 55.7 Å². The zero-order valence-corrected chi connectivity index (χ0v) is 9.70. The summed E-state index contributed by atoms with van der Waals surface area (Å²) in [5.41, 5.74) is 2.74. The highest BCUT2D eigenvalue weighted by Crippen LogP contribution is 2.25. The van der Waals surface area contributed by atoms with Crippen LogP contribution in [0.15, 0.2) is 0 Å². The summed E-state index contributed by atoms with van der Waals surface area (Å²) in [6.07, 6.45) is 7.55. The lowest BCUT2D eigenvalue weighted by atomic mass is 10.0. The Labute approximate surface area is 96.5 Å². The van der Waals surface area contributed by atoms with Crippen molar-refractivity contribution in [2.24, 2.45) is 0 Å². The number of halogens is 1. The predicted molar refractivity (Wildman–Crippen MR) is 62.5 cm³/mol. The fourth-order valence-electron chi connectivity index (χ4n) is 2.56. The molecule has 2 aliphatic rings. The molecule has 1 aromatic rings. The topological polar surface area (TPSA) is 40.7 Å². The molecule has 1 saturated heterocycles. The molecule has 4 heteroatoms. The van der Waals surface area contributed by atoms with Gasteiger partial charge < -0.3 is 10.3 Å². The lowest BCUT2D eigenvalue weighted by Crippen LogP contribution is -2.14. The highest BCUT2D eigenvalue weighted by Gasteiger charge is 2.22. The lowest BCUT2D eigenvalue weighted by Gasteiger charge is -2.07. The normalized spacial score (nSPS) is 24.7. The van der Waals surface area contributed by atoms with Gasteiger partial charge in [-0.05, 0) is 45.1 Å². The summed E-state index contributed by atoms with van der Waals surface area (Å²) in [7, 11) is 0. The van der Waals surface area contributed by atoms with Crippen LogP contribution in [0, 0.1) is 0 Å². The number of imidazole rings is 1. The van der Waals surface area contributed by atoms with Gasteiger partial charge in [-0.15, -0.1) is 12.4 Å². The molecule has 1 fully saturated rings. The number of H-pyrrole nitrogens is 1. The first-order valence-corrected chi connectivity index (χ1v) is 5.74. The number of nitrogens with zero attached hydrogens (tertiary/aromatic N) is 1. The van der Waals surface area contributed by atoms with Gasteiger partial charge in [-0.25, -0.2) is 4.98 Å². The van der Waals surface area contributed by atoms with Crippen molar-refractivity contribution in [1.82, 2.24) is 15.3 Å². The Morgan fingerprint density at radius 3 is 2.73 bits per heavy atom. The maximum atomic E-state index is 4.71. The quantitative estimate of drug-likeness (QED) is 0.772. The second-order valence-electron chi connectivity index (χ2n) is 4.40. The third-order valence-corrected chi connectivity index (χ3v) is 3.36. The Bertz CT molecular complexity index is 305. The number of rotatable bonds is 1. The van der Waals surface area contributed by atoms with E-state index in [4.69, 9.17) is 4.98 Å². The Balaban J connectivity index is 0.000000853. The van der Waals surface area contributed by atoms with Crippen LogP contribution in [0.3, 0.4) is 0 Å². The zero-order chi connectivity index (χ0) is 9.38. The molecule has 0 radical (unpaired) electrons. The molecule has 1 unspecified atom stereocenters. The Morgan fingerprint density at radius 1 is 1.13 bits per heavy atom. The largest absolute Gasteiger partial charge is 0.344 e. The third-order valence-electron chi connectivity index (χ3n) is 3.36. The van der Waals surface area contributed by atoms with Crippen molar-refractivity contribution in [1.29, 1.82) is 0 Å². The molecule has 84 valence electrons. The standard InChI is InChI=1S/C11H17N3.ClH/c1-2-5-9-8(4-1)13-11(14-9)10-6-3-7-12-10;/h10,12H,1-7H2,(H,13,14);1H. The van der Waals surface area contributed by atoms with Gasteiger partial charge in [0.2, 0.25) is 0 Å². The van der Waals surface area contributed by atoms with E-state index in [2.05, 4.69) is 10.3 Å². The summed E-state index contributed by atoms with van der Waals surface area (Å²) in [6, 6.07) is 0.501. The van der Waals surface area contributed by atoms with Crippen LogP contribution in [0.2, 0.25) is 0 Å². The minimum Gasteiger partial charge on any atom is -0.344 e. The molecule has 3 rings (SSSR count). The van der Waals surface area contributed by atoms with Crippen LogP contribution in [0.4, 0.5) is 0 Å². The molecular weight excluding hydrogens is 210 g/mol. The molecule has 3 nitrogen and oxygen atoms in total. The third kappa shape index (κ3) is 2.04. The SMILES string of the molecule is C1CCc2[nH]c(C3CCCN3)nc2C1.Cl. The van der Waals surface area contributed by atoms with E-state index in [9.17, 15) is 0 Å². The summed E-state index contributed by atoms with van der Waals surface area (Å²) >= 11 is 0. The number of aromatic nitrogens is 2. The molecule has 1 aliphatic carbocycles. The van der Waals surface area contributed by atoms with E-state index < -0.39 is 0 Å². The second-order valence-corrected chi connectivity index (χ2v) is 4.40. The molecule has 1 atom stereocenters. The average Bonchev–Trinajstić information content (AvgIpc) is 2.86. The Kier molecular flexibility index (Phi) is 3.32. The lowest BCUT2D eigenvalue weighted by molar-refractivity contribution is 0.610. The van der Waals surface area contributed by atoms with Gasteiger partial charge in [-0.1, -0.05) is 0 Å². The van der Waals surface area contributed by atoms with Gasteiger partial charge >= 0.3 is 0 Å². The monoisotopic (exact) mass is 227 g/mol. The van der Waals surface area contributed by atoms with Crippen LogP contribution < -0.4 is 5.32 Å². The summed E-state index contributed by atoms with van der Waals surface area (Å²) in [5, 5.41) is 3.49. The molecule has 0 spiro atoms.